The lowest BCUT2D eigenvalue weighted by Gasteiger charge is -2.45. The molecule has 2 saturated carbocycles. The fourth-order valence-electron chi connectivity index (χ4n) is 4.22. The summed E-state index contributed by atoms with van der Waals surface area (Å²) in [7, 11) is 0. The largest absolute Gasteiger partial charge is 0.403 e. The molecule has 3 aliphatic rings. The summed E-state index contributed by atoms with van der Waals surface area (Å²) in [6.45, 7) is 1.70. The van der Waals surface area contributed by atoms with E-state index in [0.29, 0.717) is 5.92 Å². The van der Waals surface area contributed by atoms with Gasteiger partial charge in [0.15, 0.2) is 5.41 Å². The summed E-state index contributed by atoms with van der Waals surface area (Å²) >= 11 is 0. The Kier molecular flexibility index (Phi) is 3.95. The molecule has 2 nitrogen and oxygen atoms in total. The van der Waals surface area contributed by atoms with Gasteiger partial charge >= 0.3 is 12.4 Å². The van der Waals surface area contributed by atoms with Gasteiger partial charge in [0.05, 0.1) is 24.4 Å². The second-order valence-electron chi connectivity index (χ2n) is 7.31. The molecule has 6 unspecified atom stereocenters. The molecule has 0 amide bonds. The Morgan fingerprint density at radius 1 is 0.870 bits per heavy atom. The zero-order valence-corrected chi connectivity index (χ0v) is 12.9. The van der Waals surface area contributed by atoms with Gasteiger partial charge in [-0.1, -0.05) is 0 Å². The van der Waals surface area contributed by atoms with Crippen LogP contribution in [0.15, 0.2) is 0 Å². The molecule has 0 aromatic heterocycles. The fraction of sp³-hybridized carbons (Fsp3) is 1.00. The zero-order chi connectivity index (χ0) is 17.2. The summed E-state index contributed by atoms with van der Waals surface area (Å²) in [4.78, 5) is 0. The van der Waals surface area contributed by atoms with Crippen LogP contribution >= 0.6 is 0 Å². The maximum atomic E-state index is 13.1. The van der Waals surface area contributed by atoms with Gasteiger partial charge in [-0.15, -0.1) is 0 Å². The standard InChI is InChI=1S/C15H20F6O2/c1-7-10(6-13(2,14(16,17)18)15(19,20)21)23-12-9-4-3-8(5-9)11(12)22-7/h7-12H,3-6H2,1-2H3. The van der Waals surface area contributed by atoms with Crippen molar-refractivity contribution in [1.29, 1.82) is 0 Å². The summed E-state index contributed by atoms with van der Waals surface area (Å²) in [6, 6.07) is 0. The van der Waals surface area contributed by atoms with Crippen molar-refractivity contribution in [2.45, 2.75) is 76.3 Å². The third-order valence-corrected chi connectivity index (χ3v) is 5.85. The average Bonchev–Trinajstić information content (AvgIpc) is 2.98. The molecule has 3 rings (SSSR count). The molecule has 3 fully saturated rings. The molecule has 134 valence electrons. The Balaban J connectivity index is 1.78. The highest BCUT2D eigenvalue weighted by molar-refractivity contribution is 5.03. The smallest absolute Gasteiger partial charge is 0.370 e. The summed E-state index contributed by atoms with van der Waals surface area (Å²) in [5.74, 6) is 0.521. The number of alkyl halides is 6. The first-order valence-electron chi connectivity index (χ1n) is 7.88. The van der Waals surface area contributed by atoms with Crippen LogP contribution < -0.4 is 0 Å². The van der Waals surface area contributed by atoms with E-state index in [1.54, 1.807) is 0 Å². The van der Waals surface area contributed by atoms with Gasteiger partial charge in [0.2, 0.25) is 0 Å². The van der Waals surface area contributed by atoms with E-state index in [1.165, 1.54) is 6.92 Å². The molecular weight excluding hydrogens is 326 g/mol. The van der Waals surface area contributed by atoms with Crippen molar-refractivity contribution in [2.75, 3.05) is 0 Å². The number of rotatable bonds is 2. The first-order chi connectivity index (χ1) is 10.4. The molecule has 1 aliphatic heterocycles. The van der Waals surface area contributed by atoms with Crippen molar-refractivity contribution in [1.82, 2.24) is 0 Å². The van der Waals surface area contributed by atoms with Gasteiger partial charge in [-0.2, -0.15) is 26.3 Å². The second kappa shape index (κ2) is 5.25. The van der Waals surface area contributed by atoms with E-state index >= 15 is 0 Å². The second-order valence-corrected chi connectivity index (χ2v) is 7.31. The third kappa shape index (κ3) is 2.65. The number of halogens is 6. The molecule has 0 N–H and O–H groups in total. The minimum Gasteiger partial charge on any atom is -0.370 e. The summed E-state index contributed by atoms with van der Waals surface area (Å²) in [5.41, 5.74) is -3.80. The monoisotopic (exact) mass is 346 g/mol. The average molecular weight is 346 g/mol. The van der Waals surface area contributed by atoms with Crippen molar-refractivity contribution in [3.8, 4) is 0 Å². The van der Waals surface area contributed by atoms with E-state index in [0.717, 1.165) is 19.3 Å². The van der Waals surface area contributed by atoms with Crippen LogP contribution in [0.5, 0.6) is 0 Å². The van der Waals surface area contributed by atoms with Crippen LogP contribution in [0.25, 0.3) is 0 Å². The Hall–Kier alpha value is -0.500. The first kappa shape index (κ1) is 17.3. The van der Waals surface area contributed by atoms with E-state index in [9.17, 15) is 26.3 Å². The Morgan fingerprint density at radius 2 is 1.35 bits per heavy atom. The highest BCUT2D eigenvalue weighted by atomic mass is 19.4. The van der Waals surface area contributed by atoms with Gasteiger partial charge in [-0.05, 0) is 51.4 Å². The lowest BCUT2D eigenvalue weighted by atomic mass is 9.80. The molecule has 6 atom stereocenters. The SMILES string of the molecule is CC1OC2C3CCC(C3)C2OC1CC(C)(C(F)(F)F)C(F)(F)F. The number of ether oxygens (including phenoxy) is 2. The van der Waals surface area contributed by atoms with Crippen LogP contribution in [0, 0.1) is 17.3 Å². The van der Waals surface area contributed by atoms with Crippen LogP contribution in [0.4, 0.5) is 26.3 Å². The highest BCUT2D eigenvalue weighted by Gasteiger charge is 2.68. The Morgan fingerprint density at radius 3 is 1.83 bits per heavy atom. The lowest BCUT2D eigenvalue weighted by molar-refractivity contribution is -0.350. The molecular formula is C15H20F6O2. The van der Waals surface area contributed by atoms with Crippen molar-refractivity contribution < 1.29 is 35.8 Å². The van der Waals surface area contributed by atoms with Crippen molar-refractivity contribution in [3.05, 3.63) is 0 Å². The Bertz CT molecular complexity index is 446. The predicted molar refractivity (Wildman–Crippen MR) is 68.7 cm³/mol. The minimum atomic E-state index is -5.39. The van der Waals surface area contributed by atoms with Gasteiger partial charge in [-0.25, -0.2) is 0 Å². The molecule has 2 aliphatic carbocycles. The topological polar surface area (TPSA) is 18.5 Å². The van der Waals surface area contributed by atoms with Gasteiger partial charge in [0, 0.05) is 0 Å². The van der Waals surface area contributed by atoms with Gasteiger partial charge < -0.3 is 9.47 Å². The van der Waals surface area contributed by atoms with Crippen LogP contribution in [-0.4, -0.2) is 36.8 Å². The first-order valence-corrected chi connectivity index (χ1v) is 7.88. The van der Waals surface area contributed by atoms with Gasteiger partial charge in [0.1, 0.15) is 0 Å². The molecule has 0 radical (unpaired) electrons. The van der Waals surface area contributed by atoms with Crippen LogP contribution in [-0.2, 0) is 9.47 Å². The van der Waals surface area contributed by atoms with E-state index in [2.05, 4.69) is 0 Å². The van der Waals surface area contributed by atoms with Crippen molar-refractivity contribution in [2.24, 2.45) is 17.3 Å². The lowest BCUT2D eigenvalue weighted by Crippen LogP contribution is -2.56. The number of hydrogen-bond donors (Lipinski definition) is 0. The van der Waals surface area contributed by atoms with Crippen molar-refractivity contribution in [3.63, 3.8) is 0 Å². The molecule has 0 spiro atoms. The number of hydrogen-bond acceptors (Lipinski definition) is 2. The van der Waals surface area contributed by atoms with Crippen molar-refractivity contribution >= 4 is 0 Å². The van der Waals surface area contributed by atoms with E-state index < -0.39 is 36.4 Å². The van der Waals surface area contributed by atoms with Crippen LogP contribution in [0.1, 0.15) is 39.5 Å². The Labute approximate surface area is 130 Å². The third-order valence-electron chi connectivity index (χ3n) is 5.85. The molecule has 2 bridgehead atoms. The molecule has 0 aromatic carbocycles. The zero-order valence-electron chi connectivity index (χ0n) is 12.9. The molecule has 0 aromatic rings. The van der Waals surface area contributed by atoms with Crippen LogP contribution in [0.2, 0.25) is 0 Å². The molecule has 23 heavy (non-hydrogen) atoms. The minimum absolute atomic E-state index is 0.178. The fourth-order valence-corrected chi connectivity index (χ4v) is 4.22. The maximum absolute atomic E-state index is 13.1. The maximum Gasteiger partial charge on any atom is 0.403 e. The van der Waals surface area contributed by atoms with Crippen LogP contribution in [0.3, 0.4) is 0 Å². The summed E-state index contributed by atoms with van der Waals surface area (Å²) in [6.07, 6.45) is -11.7. The number of fused-ring (bicyclic) bond motifs is 5. The molecule has 8 heteroatoms. The highest BCUT2D eigenvalue weighted by Crippen LogP contribution is 2.56. The van der Waals surface area contributed by atoms with E-state index in [1.807, 2.05) is 0 Å². The summed E-state index contributed by atoms with van der Waals surface area (Å²) in [5, 5.41) is 0. The molecule has 1 saturated heterocycles. The quantitative estimate of drug-likeness (QED) is 0.687. The molecule has 1 heterocycles. The van der Waals surface area contributed by atoms with Gasteiger partial charge in [0.25, 0.3) is 0 Å². The predicted octanol–water partition coefficient (Wildman–Crippen LogP) is 4.48. The normalized spacial score (nSPS) is 41.2. The van der Waals surface area contributed by atoms with Gasteiger partial charge in [-0.3, -0.25) is 0 Å². The van der Waals surface area contributed by atoms with E-state index in [4.69, 9.17) is 9.47 Å². The summed E-state index contributed by atoms with van der Waals surface area (Å²) < 4.78 is 90.0. The van der Waals surface area contributed by atoms with E-state index in [-0.39, 0.29) is 25.0 Å².